The fourth-order valence-corrected chi connectivity index (χ4v) is 3.51. The molecule has 1 aromatic carbocycles. The van der Waals surface area contributed by atoms with E-state index in [1.807, 2.05) is 23.1 Å². The molecule has 0 bridgehead atoms. The van der Waals surface area contributed by atoms with Gasteiger partial charge >= 0.3 is 0 Å². The second-order valence-corrected chi connectivity index (χ2v) is 7.99. The second-order valence-electron chi connectivity index (χ2n) is 7.99. The van der Waals surface area contributed by atoms with E-state index in [1.165, 1.54) is 0 Å². The molecular formula is C21H34F2N4O2. The Balaban J connectivity index is 1.90. The van der Waals surface area contributed by atoms with Crippen molar-refractivity contribution in [2.45, 2.75) is 44.6 Å². The number of nitrogens with zero attached hydrogens (tertiary/aromatic N) is 2. The van der Waals surface area contributed by atoms with E-state index in [4.69, 9.17) is 9.47 Å². The van der Waals surface area contributed by atoms with Gasteiger partial charge in [-0.25, -0.2) is 8.78 Å². The van der Waals surface area contributed by atoms with Crippen LogP contribution in [-0.2, 0) is 5.41 Å². The fourth-order valence-electron chi connectivity index (χ4n) is 3.51. The number of alkyl halides is 2. The zero-order valence-electron chi connectivity index (χ0n) is 18.1. The van der Waals surface area contributed by atoms with Crippen LogP contribution in [-0.4, -0.2) is 70.8 Å². The maximum Gasteiger partial charge on any atom is 0.251 e. The Morgan fingerprint density at radius 2 is 1.86 bits per heavy atom. The molecule has 29 heavy (non-hydrogen) atoms. The first-order chi connectivity index (χ1) is 13.8. The number of hydrogen-bond acceptors (Lipinski definition) is 4. The number of guanidine groups is 1. The predicted octanol–water partition coefficient (Wildman–Crippen LogP) is 2.88. The third kappa shape index (κ3) is 6.73. The molecule has 1 saturated heterocycles. The Labute approximate surface area is 172 Å². The molecule has 0 radical (unpaired) electrons. The van der Waals surface area contributed by atoms with E-state index in [0.717, 1.165) is 24.4 Å². The molecule has 164 valence electrons. The summed E-state index contributed by atoms with van der Waals surface area (Å²) < 4.78 is 35.8. The molecule has 0 aliphatic carbocycles. The largest absolute Gasteiger partial charge is 0.493 e. The molecule has 1 aliphatic heterocycles. The van der Waals surface area contributed by atoms with Crippen LogP contribution < -0.4 is 20.1 Å². The highest BCUT2D eigenvalue weighted by atomic mass is 19.3. The number of likely N-dealkylation sites (tertiary alicyclic amines) is 1. The van der Waals surface area contributed by atoms with E-state index in [9.17, 15) is 8.78 Å². The summed E-state index contributed by atoms with van der Waals surface area (Å²) in [4.78, 5) is 6.14. The zero-order valence-corrected chi connectivity index (χ0v) is 18.1. The predicted molar refractivity (Wildman–Crippen MR) is 113 cm³/mol. The lowest BCUT2D eigenvalue weighted by molar-refractivity contribution is 0.0744. The number of ether oxygens (including phenoxy) is 2. The number of aliphatic imine (C=N–C) groups is 1. The smallest absolute Gasteiger partial charge is 0.251 e. The van der Waals surface area contributed by atoms with Crippen molar-refractivity contribution in [1.29, 1.82) is 0 Å². The average Bonchev–Trinajstić information content (AvgIpc) is 2.71. The number of nitrogens with one attached hydrogen (secondary N) is 2. The van der Waals surface area contributed by atoms with Crippen LogP contribution in [0, 0.1) is 0 Å². The summed E-state index contributed by atoms with van der Waals surface area (Å²) in [5.41, 5.74) is 0.955. The first-order valence-electron chi connectivity index (χ1n) is 9.99. The van der Waals surface area contributed by atoms with Crippen LogP contribution in [0.15, 0.2) is 23.2 Å². The SMILES string of the molecule is CN=C(NCC(C)(C)c1ccc(OC)c(OC)c1)NC1CCN(CC(F)F)CC1. The summed E-state index contributed by atoms with van der Waals surface area (Å²) in [6, 6.07) is 6.18. The normalized spacial score (nSPS) is 16.8. The van der Waals surface area contributed by atoms with Crippen molar-refractivity contribution >= 4 is 5.96 Å². The lowest BCUT2D eigenvalue weighted by Gasteiger charge is -2.33. The van der Waals surface area contributed by atoms with Crippen molar-refractivity contribution < 1.29 is 18.3 Å². The molecule has 6 nitrogen and oxygen atoms in total. The quantitative estimate of drug-likeness (QED) is 0.508. The third-order valence-electron chi connectivity index (χ3n) is 5.41. The van der Waals surface area contributed by atoms with Gasteiger partial charge < -0.3 is 20.1 Å². The van der Waals surface area contributed by atoms with E-state index in [-0.39, 0.29) is 18.0 Å². The summed E-state index contributed by atoms with van der Waals surface area (Å²) in [5.74, 6) is 2.14. The number of hydrogen-bond donors (Lipinski definition) is 2. The van der Waals surface area contributed by atoms with Crippen molar-refractivity contribution in [1.82, 2.24) is 15.5 Å². The number of benzene rings is 1. The van der Waals surface area contributed by atoms with Gasteiger partial charge in [-0.1, -0.05) is 19.9 Å². The van der Waals surface area contributed by atoms with Gasteiger partial charge in [0.15, 0.2) is 17.5 Å². The van der Waals surface area contributed by atoms with Crippen molar-refractivity contribution in [2.24, 2.45) is 4.99 Å². The Hall–Kier alpha value is -2.09. The van der Waals surface area contributed by atoms with E-state index in [1.54, 1.807) is 21.3 Å². The lowest BCUT2D eigenvalue weighted by atomic mass is 9.84. The lowest BCUT2D eigenvalue weighted by Crippen LogP contribution is -2.51. The third-order valence-corrected chi connectivity index (χ3v) is 5.41. The molecule has 2 rings (SSSR count). The molecule has 0 amide bonds. The summed E-state index contributed by atoms with van der Waals surface area (Å²) in [6.07, 6.45) is -0.619. The Morgan fingerprint density at radius 1 is 1.21 bits per heavy atom. The Morgan fingerprint density at radius 3 is 2.41 bits per heavy atom. The molecule has 1 aliphatic rings. The summed E-state index contributed by atoms with van der Waals surface area (Å²) in [7, 11) is 4.99. The minimum absolute atomic E-state index is 0.140. The van der Waals surface area contributed by atoms with Gasteiger partial charge in [-0.15, -0.1) is 0 Å². The molecule has 0 aromatic heterocycles. The molecule has 0 atom stereocenters. The number of piperidine rings is 1. The van der Waals surface area contributed by atoms with Crippen LogP contribution in [0.25, 0.3) is 0 Å². The number of halogens is 2. The van der Waals surface area contributed by atoms with E-state index >= 15 is 0 Å². The molecule has 1 heterocycles. The van der Waals surface area contributed by atoms with E-state index < -0.39 is 6.43 Å². The summed E-state index contributed by atoms with van der Waals surface area (Å²) in [6.45, 7) is 6.19. The zero-order chi connectivity index (χ0) is 21.4. The van der Waals surface area contributed by atoms with Gasteiger partial charge in [0.05, 0.1) is 20.8 Å². The van der Waals surface area contributed by atoms with E-state index in [2.05, 4.69) is 29.5 Å². The molecule has 8 heteroatoms. The molecule has 1 fully saturated rings. The van der Waals surface area contributed by atoms with Gasteiger partial charge in [-0.3, -0.25) is 9.89 Å². The molecule has 0 saturated carbocycles. The Bertz CT molecular complexity index is 675. The van der Waals surface area contributed by atoms with Gasteiger partial charge in [0.1, 0.15) is 0 Å². The number of methoxy groups -OCH3 is 2. The molecule has 1 aromatic rings. The monoisotopic (exact) mass is 412 g/mol. The number of rotatable bonds is 8. The maximum atomic E-state index is 12.5. The Kier molecular flexibility index (Phi) is 8.49. The highest BCUT2D eigenvalue weighted by Gasteiger charge is 2.25. The highest BCUT2D eigenvalue weighted by molar-refractivity contribution is 5.80. The van der Waals surface area contributed by atoms with Gasteiger partial charge in [-0.05, 0) is 30.5 Å². The minimum Gasteiger partial charge on any atom is -0.493 e. The topological polar surface area (TPSA) is 58.1 Å². The van der Waals surface area contributed by atoms with Crippen molar-refractivity contribution in [3.05, 3.63) is 23.8 Å². The van der Waals surface area contributed by atoms with Crippen LogP contribution in [0.5, 0.6) is 11.5 Å². The fraction of sp³-hybridized carbons (Fsp3) is 0.667. The summed E-state index contributed by atoms with van der Waals surface area (Å²) >= 11 is 0. The molecule has 0 spiro atoms. The van der Waals surface area contributed by atoms with Crippen molar-refractivity contribution in [2.75, 3.05) is 47.4 Å². The van der Waals surface area contributed by atoms with Crippen LogP contribution in [0.1, 0.15) is 32.3 Å². The molecule has 2 N–H and O–H groups in total. The standard InChI is InChI=1S/C21H34F2N4O2/c1-21(2,15-6-7-17(28-4)18(12-15)29-5)14-25-20(24-3)26-16-8-10-27(11-9-16)13-19(22)23/h6-7,12,16,19H,8-11,13-14H2,1-5H3,(H2,24,25,26). The van der Waals surface area contributed by atoms with Gasteiger partial charge in [0, 0.05) is 38.1 Å². The molecular weight excluding hydrogens is 378 g/mol. The van der Waals surface area contributed by atoms with Crippen LogP contribution in [0.3, 0.4) is 0 Å². The van der Waals surface area contributed by atoms with Crippen molar-refractivity contribution in [3.63, 3.8) is 0 Å². The van der Waals surface area contributed by atoms with Crippen LogP contribution >= 0.6 is 0 Å². The van der Waals surface area contributed by atoms with E-state index in [0.29, 0.717) is 31.1 Å². The first-order valence-corrected chi connectivity index (χ1v) is 9.99. The van der Waals surface area contributed by atoms with Crippen molar-refractivity contribution in [3.8, 4) is 11.5 Å². The van der Waals surface area contributed by atoms with Gasteiger partial charge in [0.2, 0.25) is 0 Å². The first kappa shape index (κ1) is 23.2. The second kappa shape index (κ2) is 10.6. The molecule has 0 unspecified atom stereocenters. The highest BCUT2D eigenvalue weighted by Crippen LogP contribution is 2.32. The average molecular weight is 413 g/mol. The van der Waals surface area contributed by atoms with Gasteiger partial charge in [-0.2, -0.15) is 0 Å². The van der Waals surface area contributed by atoms with Crippen LogP contribution in [0.4, 0.5) is 8.78 Å². The maximum absolute atomic E-state index is 12.5. The summed E-state index contributed by atoms with van der Waals surface area (Å²) in [5, 5.41) is 6.82. The van der Waals surface area contributed by atoms with Crippen LogP contribution in [0.2, 0.25) is 0 Å². The van der Waals surface area contributed by atoms with Gasteiger partial charge in [0.25, 0.3) is 6.43 Å². The minimum atomic E-state index is -2.27.